The average Bonchev–Trinajstić information content (AvgIpc) is 2.27. The Morgan fingerprint density at radius 2 is 2.27 bits per heavy atom. The van der Waals surface area contributed by atoms with E-state index in [1.54, 1.807) is 0 Å². The molecular weight excluding hydrogens is 186 g/mol. The number of anilines is 1. The normalized spacial score (nSPS) is 14.0. The minimum atomic E-state index is -0.674. The summed E-state index contributed by atoms with van der Waals surface area (Å²) in [5.74, 6) is 2.58. The molecular formula is C13H17NO. The maximum Gasteiger partial charge on any atom is 0.0788 e. The van der Waals surface area contributed by atoms with E-state index in [4.69, 9.17) is 6.42 Å². The Hall–Kier alpha value is -1.46. The van der Waals surface area contributed by atoms with Crippen molar-refractivity contribution in [2.45, 2.75) is 25.9 Å². The lowest BCUT2D eigenvalue weighted by atomic mass is 10.0. The van der Waals surface area contributed by atoms with Crippen molar-refractivity contribution in [1.82, 2.24) is 0 Å². The summed E-state index contributed by atoms with van der Waals surface area (Å²) in [4.78, 5) is 0. The largest absolute Gasteiger partial charge is 0.388 e. The van der Waals surface area contributed by atoms with Crippen molar-refractivity contribution < 1.29 is 5.11 Å². The van der Waals surface area contributed by atoms with Crippen LogP contribution in [0.15, 0.2) is 24.3 Å². The fourth-order valence-electron chi connectivity index (χ4n) is 1.14. The van der Waals surface area contributed by atoms with Gasteiger partial charge in [0.2, 0.25) is 0 Å². The highest BCUT2D eigenvalue weighted by Gasteiger charge is 2.16. The van der Waals surface area contributed by atoms with Gasteiger partial charge < -0.3 is 10.4 Å². The molecule has 1 atom stereocenters. The number of aliphatic hydroxyl groups is 1. The first-order chi connectivity index (χ1) is 7.07. The lowest BCUT2D eigenvalue weighted by molar-refractivity contribution is 0.0697. The maximum atomic E-state index is 9.81. The molecule has 1 rings (SSSR count). The number of benzene rings is 1. The second-order valence-corrected chi connectivity index (χ2v) is 3.93. The van der Waals surface area contributed by atoms with Crippen molar-refractivity contribution in [3.63, 3.8) is 0 Å². The summed E-state index contributed by atoms with van der Waals surface area (Å²) in [7, 11) is 0. The van der Waals surface area contributed by atoms with Gasteiger partial charge >= 0.3 is 0 Å². The molecule has 0 aliphatic heterocycles. The molecule has 1 aromatic rings. The van der Waals surface area contributed by atoms with E-state index >= 15 is 0 Å². The summed E-state index contributed by atoms with van der Waals surface area (Å²) in [5, 5.41) is 13.0. The van der Waals surface area contributed by atoms with Crippen molar-refractivity contribution in [2.24, 2.45) is 0 Å². The van der Waals surface area contributed by atoms with Crippen LogP contribution < -0.4 is 5.32 Å². The van der Waals surface area contributed by atoms with Crippen LogP contribution in [0.3, 0.4) is 0 Å². The van der Waals surface area contributed by atoms with Gasteiger partial charge in [-0.3, -0.25) is 0 Å². The third kappa shape index (κ3) is 3.65. The van der Waals surface area contributed by atoms with Gasteiger partial charge in [0.25, 0.3) is 0 Å². The van der Waals surface area contributed by atoms with Crippen LogP contribution in [-0.4, -0.2) is 17.3 Å². The summed E-state index contributed by atoms with van der Waals surface area (Å²) in [6.45, 7) is 4.29. The first-order valence-electron chi connectivity index (χ1n) is 5.10. The zero-order chi connectivity index (χ0) is 11.3. The third-order valence-electron chi connectivity index (χ3n) is 2.46. The van der Waals surface area contributed by atoms with Crippen LogP contribution in [0.1, 0.15) is 25.8 Å². The molecule has 1 aromatic carbocycles. The predicted octanol–water partition coefficient (Wildman–Crippen LogP) is 2.24. The van der Waals surface area contributed by atoms with Gasteiger partial charge in [0.05, 0.1) is 5.60 Å². The molecule has 0 spiro atoms. The molecule has 0 amide bonds. The molecule has 2 nitrogen and oxygen atoms in total. The SMILES string of the molecule is C#Cc1cccc(NCC(C)(O)CC)c1. The third-order valence-corrected chi connectivity index (χ3v) is 2.46. The van der Waals surface area contributed by atoms with Crippen molar-refractivity contribution in [3.8, 4) is 12.3 Å². The van der Waals surface area contributed by atoms with E-state index in [2.05, 4.69) is 11.2 Å². The summed E-state index contributed by atoms with van der Waals surface area (Å²) in [6, 6.07) is 7.61. The Balaban J connectivity index is 2.62. The molecule has 80 valence electrons. The topological polar surface area (TPSA) is 32.3 Å². The second kappa shape index (κ2) is 4.86. The summed E-state index contributed by atoms with van der Waals surface area (Å²) in [5.41, 5.74) is 1.11. The molecule has 0 aliphatic carbocycles. The van der Waals surface area contributed by atoms with Gasteiger partial charge in [-0.25, -0.2) is 0 Å². The fraction of sp³-hybridized carbons (Fsp3) is 0.385. The average molecular weight is 203 g/mol. The smallest absolute Gasteiger partial charge is 0.0788 e. The number of hydrogen-bond donors (Lipinski definition) is 2. The van der Waals surface area contributed by atoms with Crippen LogP contribution >= 0.6 is 0 Å². The molecule has 0 heterocycles. The Kier molecular flexibility index (Phi) is 3.76. The Morgan fingerprint density at radius 3 is 2.87 bits per heavy atom. The van der Waals surface area contributed by atoms with E-state index in [1.165, 1.54) is 0 Å². The first kappa shape index (κ1) is 11.6. The van der Waals surface area contributed by atoms with Crippen molar-refractivity contribution in [1.29, 1.82) is 0 Å². The molecule has 0 radical (unpaired) electrons. The molecule has 2 N–H and O–H groups in total. The van der Waals surface area contributed by atoms with E-state index in [9.17, 15) is 5.11 Å². The van der Waals surface area contributed by atoms with Crippen LogP contribution in [0.2, 0.25) is 0 Å². The van der Waals surface area contributed by atoms with Gasteiger partial charge in [0, 0.05) is 17.8 Å². The van der Waals surface area contributed by atoms with Crippen LogP contribution in [0, 0.1) is 12.3 Å². The molecule has 0 saturated carbocycles. The highest BCUT2D eigenvalue weighted by molar-refractivity contribution is 5.50. The Morgan fingerprint density at radius 1 is 1.53 bits per heavy atom. The Bertz CT molecular complexity index is 363. The van der Waals surface area contributed by atoms with Gasteiger partial charge in [0.15, 0.2) is 0 Å². The van der Waals surface area contributed by atoms with Crippen molar-refractivity contribution >= 4 is 5.69 Å². The second-order valence-electron chi connectivity index (χ2n) is 3.93. The molecule has 0 bridgehead atoms. The number of hydrogen-bond acceptors (Lipinski definition) is 2. The van der Waals surface area contributed by atoms with Crippen molar-refractivity contribution in [3.05, 3.63) is 29.8 Å². The fourth-order valence-corrected chi connectivity index (χ4v) is 1.14. The van der Waals surface area contributed by atoms with Crippen LogP contribution in [-0.2, 0) is 0 Å². The standard InChI is InChI=1S/C13H17NO/c1-4-11-7-6-8-12(9-11)14-10-13(3,15)5-2/h1,6-9,14-15H,5,10H2,2-3H3. The quantitative estimate of drug-likeness (QED) is 0.735. The van der Waals surface area contributed by atoms with Crippen LogP contribution in [0.5, 0.6) is 0 Å². The maximum absolute atomic E-state index is 9.81. The molecule has 0 fully saturated rings. The van der Waals surface area contributed by atoms with E-state index in [0.717, 1.165) is 17.7 Å². The van der Waals surface area contributed by atoms with Gasteiger partial charge in [0.1, 0.15) is 0 Å². The zero-order valence-electron chi connectivity index (χ0n) is 9.25. The minimum absolute atomic E-state index is 0.525. The van der Waals surface area contributed by atoms with Crippen molar-refractivity contribution in [2.75, 3.05) is 11.9 Å². The van der Waals surface area contributed by atoms with Gasteiger partial charge in [-0.1, -0.05) is 18.9 Å². The molecule has 1 unspecified atom stereocenters. The number of nitrogens with one attached hydrogen (secondary N) is 1. The predicted molar refractivity (Wildman–Crippen MR) is 63.8 cm³/mol. The molecule has 0 aromatic heterocycles. The van der Waals surface area contributed by atoms with Gasteiger partial charge in [-0.15, -0.1) is 6.42 Å². The summed E-state index contributed by atoms with van der Waals surface area (Å²) < 4.78 is 0. The number of rotatable bonds is 4. The first-order valence-corrected chi connectivity index (χ1v) is 5.10. The molecule has 0 saturated heterocycles. The lowest BCUT2D eigenvalue weighted by Gasteiger charge is -2.22. The van der Waals surface area contributed by atoms with E-state index in [1.807, 2.05) is 38.1 Å². The number of terminal acetylenes is 1. The monoisotopic (exact) mass is 203 g/mol. The van der Waals surface area contributed by atoms with E-state index in [-0.39, 0.29) is 0 Å². The lowest BCUT2D eigenvalue weighted by Crippen LogP contribution is -2.32. The van der Waals surface area contributed by atoms with Crippen LogP contribution in [0.25, 0.3) is 0 Å². The Labute approximate surface area is 91.3 Å². The van der Waals surface area contributed by atoms with Crippen LogP contribution in [0.4, 0.5) is 5.69 Å². The zero-order valence-corrected chi connectivity index (χ0v) is 9.25. The molecule has 0 aliphatic rings. The van der Waals surface area contributed by atoms with E-state index < -0.39 is 5.60 Å². The molecule has 2 heteroatoms. The van der Waals surface area contributed by atoms with Gasteiger partial charge in [-0.05, 0) is 31.5 Å². The minimum Gasteiger partial charge on any atom is -0.388 e. The highest BCUT2D eigenvalue weighted by atomic mass is 16.3. The highest BCUT2D eigenvalue weighted by Crippen LogP contribution is 2.13. The summed E-state index contributed by atoms with van der Waals surface area (Å²) >= 11 is 0. The van der Waals surface area contributed by atoms with E-state index in [0.29, 0.717) is 6.54 Å². The van der Waals surface area contributed by atoms with Gasteiger partial charge in [-0.2, -0.15) is 0 Å². The molecule has 15 heavy (non-hydrogen) atoms. The summed E-state index contributed by atoms with van der Waals surface area (Å²) in [6.07, 6.45) is 6.02.